The van der Waals surface area contributed by atoms with Crippen LogP contribution in [0.5, 0.6) is 0 Å². The van der Waals surface area contributed by atoms with Gasteiger partial charge in [-0.05, 0) is 24.3 Å². The van der Waals surface area contributed by atoms with Gasteiger partial charge < -0.3 is 0 Å². The molecule has 0 atom stereocenters. The largest absolute Gasteiger partial charge is 0.282 e. The van der Waals surface area contributed by atoms with Crippen molar-refractivity contribution in [3.8, 4) is 11.4 Å². The number of nitrogens with zero attached hydrogens (tertiary/aromatic N) is 4. The Kier molecular flexibility index (Phi) is 2.08. The zero-order chi connectivity index (χ0) is 11.0. The summed E-state index contributed by atoms with van der Waals surface area (Å²) in [7, 11) is 0. The zero-order valence-electron chi connectivity index (χ0n) is 8.21. The van der Waals surface area contributed by atoms with Crippen LogP contribution in [-0.2, 0) is 0 Å². The highest BCUT2D eigenvalue weighted by atomic mass is 35.5. The Morgan fingerprint density at radius 1 is 1.06 bits per heavy atom. The van der Waals surface area contributed by atoms with Gasteiger partial charge in [0.25, 0.3) is 0 Å². The fourth-order valence-electron chi connectivity index (χ4n) is 1.55. The van der Waals surface area contributed by atoms with Crippen LogP contribution in [-0.4, -0.2) is 19.6 Å². The van der Waals surface area contributed by atoms with Gasteiger partial charge in [0, 0.05) is 18.0 Å². The van der Waals surface area contributed by atoms with Gasteiger partial charge in [-0.25, -0.2) is 4.98 Å². The molecule has 0 aliphatic rings. The number of hydrogen-bond acceptors (Lipinski definition) is 3. The maximum Gasteiger partial charge on any atom is 0.169 e. The van der Waals surface area contributed by atoms with Crippen LogP contribution in [0.3, 0.4) is 0 Å². The van der Waals surface area contributed by atoms with Gasteiger partial charge in [0.15, 0.2) is 11.5 Å². The molecule has 0 aliphatic carbocycles. The molecule has 0 unspecified atom stereocenters. The third-order valence-corrected chi connectivity index (χ3v) is 2.52. The molecular formula is C11H7ClN4. The van der Waals surface area contributed by atoms with Crippen molar-refractivity contribution in [3.63, 3.8) is 0 Å². The second-order valence-electron chi connectivity index (χ2n) is 3.32. The Morgan fingerprint density at radius 2 is 2.00 bits per heavy atom. The van der Waals surface area contributed by atoms with Gasteiger partial charge >= 0.3 is 0 Å². The molecule has 0 N–H and O–H groups in total. The van der Waals surface area contributed by atoms with Crippen LogP contribution in [0.25, 0.3) is 17.0 Å². The number of rotatable bonds is 1. The van der Waals surface area contributed by atoms with Gasteiger partial charge in [0.05, 0.1) is 0 Å². The summed E-state index contributed by atoms with van der Waals surface area (Å²) < 4.78 is 1.91. The average molecular weight is 231 g/mol. The van der Waals surface area contributed by atoms with E-state index in [4.69, 9.17) is 11.6 Å². The van der Waals surface area contributed by atoms with Crippen molar-refractivity contribution in [2.75, 3.05) is 0 Å². The van der Waals surface area contributed by atoms with E-state index in [1.54, 1.807) is 12.3 Å². The molecule has 5 heteroatoms. The molecule has 4 nitrogen and oxygen atoms in total. The second kappa shape index (κ2) is 3.57. The maximum absolute atomic E-state index is 5.74. The Labute approximate surface area is 96.5 Å². The van der Waals surface area contributed by atoms with E-state index in [2.05, 4.69) is 15.2 Å². The van der Waals surface area contributed by atoms with E-state index in [9.17, 15) is 0 Å². The Bertz CT molecular complexity index is 630. The third-order valence-electron chi connectivity index (χ3n) is 2.30. The SMILES string of the molecule is Clc1ccc(-c2nnc3ccccn23)cn1. The highest BCUT2D eigenvalue weighted by molar-refractivity contribution is 6.29. The van der Waals surface area contributed by atoms with Crippen LogP contribution in [0.15, 0.2) is 42.7 Å². The minimum atomic E-state index is 0.470. The molecule has 0 fully saturated rings. The van der Waals surface area contributed by atoms with Crippen molar-refractivity contribution >= 4 is 17.2 Å². The van der Waals surface area contributed by atoms with Crippen LogP contribution < -0.4 is 0 Å². The normalized spacial score (nSPS) is 10.8. The molecule has 3 aromatic rings. The van der Waals surface area contributed by atoms with E-state index < -0.39 is 0 Å². The molecule has 0 saturated carbocycles. The molecule has 0 aliphatic heterocycles. The lowest BCUT2D eigenvalue weighted by atomic mass is 10.3. The molecule has 3 heterocycles. The minimum absolute atomic E-state index is 0.470. The van der Waals surface area contributed by atoms with Gasteiger partial charge in [-0.2, -0.15) is 0 Å². The monoisotopic (exact) mass is 230 g/mol. The first-order valence-electron chi connectivity index (χ1n) is 4.76. The average Bonchev–Trinajstić information content (AvgIpc) is 2.74. The van der Waals surface area contributed by atoms with Crippen molar-refractivity contribution in [1.29, 1.82) is 0 Å². The van der Waals surface area contributed by atoms with Crippen molar-refractivity contribution in [3.05, 3.63) is 47.9 Å². The summed E-state index contributed by atoms with van der Waals surface area (Å²) in [6, 6.07) is 9.37. The quantitative estimate of drug-likeness (QED) is 0.603. The van der Waals surface area contributed by atoms with Crippen LogP contribution in [0, 0.1) is 0 Å². The van der Waals surface area contributed by atoms with E-state index in [1.807, 2.05) is 34.9 Å². The molecular weight excluding hydrogens is 224 g/mol. The van der Waals surface area contributed by atoms with Crippen molar-refractivity contribution in [2.24, 2.45) is 0 Å². The molecule has 16 heavy (non-hydrogen) atoms. The number of aromatic nitrogens is 4. The lowest BCUT2D eigenvalue weighted by Crippen LogP contribution is -1.89. The van der Waals surface area contributed by atoms with E-state index in [0.29, 0.717) is 5.15 Å². The van der Waals surface area contributed by atoms with Crippen LogP contribution in [0.4, 0.5) is 0 Å². The van der Waals surface area contributed by atoms with Crippen molar-refractivity contribution in [1.82, 2.24) is 19.6 Å². The van der Waals surface area contributed by atoms with E-state index in [-0.39, 0.29) is 0 Å². The topological polar surface area (TPSA) is 43.1 Å². The molecule has 0 bridgehead atoms. The lowest BCUT2D eigenvalue weighted by molar-refractivity contribution is 1.11. The molecule has 3 aromatic heterocycles. The van der Waals surface area contributed by atoms with Crippen LogP contribution in [0.2, 0.25) is 5.15 Å². The van der Waals surface area contributed by atoms with E-state index >= 15 is 0 Å². The fraction of sp³-hybridized carbons (Fsp3) is 0. The standard InChI is InChI=1S/C11H7ClN4/c12-9-5-4-8(7-13-9)11-15-14-10-3-1-2-6-16(10)11/h1-7H. The molecule has 78 valence electrons. The Hall–Kier alpha value is -1.94. The number of pyridine rings is 2. The summed E-state index contributed by atoms with van der Waals surface area (Å²) in [5.74, 6) is 0.764. The molecule has 3 rings (SSSR count). The number of hydrogen-bond donors (Lipinski definition) is 0. The zero-order valence-corrected chi connectivity index (χ0v) is 8.96. The molecule has 0 spiro atoms. The predicted octanol–water partition coefficient (Wildman–Crippen LogP) is 2.44. The lowest BCUT2D eigenvalue weighted by Gasteiger charge is -1.98. The highest BCUT2D eigenvalue weighted by Crippen LogP contribution is 2.18. The van der Waals surface area contributed by atoms with Crippen LogP contribution in [0.1, 0.15) is 0 Å². The van der Waals surface area contributed by atoms with Crippen LogP contribution >= 0.6 is 11.6 Å². The molecule has 0 saturated heterocycles. The van der Waals surface area contributed by atoms with E-state index in [0.717, 1.165) is 17.0 Å². The van der Waals surface area contributed by atoms with Gasteiger partial charge in [-0.1, -0.05) is 17.7 Å². The molecule has 0 radical (unpaired) electrons. The Balaban J connectivity index is 2.22. The second-order valence-corrected chi connectivity index (χ2v) is 3.71. The first-order valence-corrected chi connectivity index (χ1v) is 5.14. The summed E-state index contributed by atoms with van der Waals surface area (Å²) in [6.45, 7) is 0. The summed E-state index contributed by atoms with van der Waals surface area (Å²) >= 11 is 5.74. The summed E-state index contributed by atoms with van der Waals surface area (Å²) in [4.78, 5) is 4.03. The number of fused-ring (bicyclic) bond motifs is 1. The van der Waals surface area contributed by atoms with Gasteiger partial charge in [-0.15, -0.1) is 10.2 Å². The first kappa shape index (κ1) is 9.30. The smallest absolute Gasteiger partial charge is 0.169 e. The highest BCUT2D eigenvalue weighted by Gasteiger charge is 2.06. The summed E-state index contributed by atoms with van der Waals surface area (Å²) in [5, 5.41) is 8.66. The summed E-state index contributed by atoms with van der Waals surface area (Å²) in [5.41, 5.74) is 1.70. The van der Waals surface area contributed by atoms with Gasteiger partial charge in [0.2, 0.25) is 0 Å². The van der Waals surface area contributed by atoms with E-state index in [1.165, 1.54) is 0 Å². The predicted molar refractivity (Wildman–Crippen MR) is 61.2 cm³/mol. The Morgan fingerprint density at radius 3 is 2.81 bits per heavy atom. The maximum atomic E-state index is 5.74. The summed E-state index contributed by atoms with van der Waals surface area (Å²) in [6.07, 6.45) is 3.60. The minimum Gasteiger partial charge on any atom is -0.282 e. The molecule has 0 aromatic carbocycles. The van der Waals surface area contributed by atoms with Gasteiger partial charge in [-0.3, -0.25) is 4.40 Å². The fourth-order valence-corrected chi connectivity index (χ4v) is 1.66. The first-order chi connectivity index (χ1) is 7.84. The van der Waals surface area contributed by atoms with Crippen molar-refractivity contribution < 1.29 is 0 Å². The molecule has 0 amide bonds. The van der Waals surface area contributed by atoms with Gasteiger partial charge in [0.1, 0.15) is 5.15 Å². The third kappa shape index (κ3) is 1.44. The van der Waals surface area contributed by atoms with Crippen molar-refractivity contribution in [2.45, 2.75) is 0 Å². The number of halogens is 1.